The Bertz CT molecular complexity index is 917. The van der Waals surface area contributed by atoms with Gasteiger partial charge in [-0.3, -0.25) is 0 Å². The second-order valence-corrected chi connectivity index (χ2v) is 7.32. The Hall–Kier alpha value is -2.18. The van der Waals surface area contributed by atoms with Crippen molar-refractivity contribution in [3.63, 3.8) is 0 Å². The van der Waals surface area contributed by atoms with E-state index in [9.17, 15) is 8.42 Å². The summed E-state index contributed by atoms with van der Waals surface area (Å²) in [5.41, 5.74) is 2.51. The first-order valence-electron chi connectivity index (χ1n) is 7.55. The van der Waals surface area contributed by atoms with Crippen molar-refractivity contribution in [2.24, 2.45) is 5.14 Å². The minimum Gasteiger partial charge on any atom is -0.233 e. The Labute approximate surface area is 135 Å². The van der Waals surface area contributed by atoms with Crippen molar-refractivity contribution in [1.82, 2.24) is 9.78 Å². The molecule has 1 unspecified atom stereocenters. The molecule has 0 fully saturated rings. The van der Waals surface area contributed by atoms with Gasteiger partial charge in [0.2, 0.25) is 10.0 Å². The molecule has 3 rings (SSSR count). The van der Waals surface area contributed by atoms with E-state index in [-0.39, 0.29) is 0 Å². The maximum atomic E-state index is 11.9. The first-order chi connectivity index (χ1) is 11.0. The van der Waals surface area contributed by atoms with E-state index in [0.29, 0.717) is 12.0 Å². The smallest absolute Gasteiger partial charge is 0.216 e. The van der Waals surface area contributed by atoms with Gasteiger partial charge < -0.3 is 0 Å². The molecule has 2 N–H and O–H groups in total. The Kier molecular flexibility index (Phi) is 4.19. The van der Waals surface area contributed by atoms with Gasteiger partial charge in [0.05, 0.1) is 17.4 Å². The van der Waals surface area contributed by atoms with E-state index in [1.54, 1.807) is 6.20 Å². The minimum absolute atomic E-state index is 0.504. The molecule has 23 heavy (non-hydrogen) atoms. The Balaban J connectivity index is 2.14. The Morgan fingerprint density at radius 3 is 2.57 bits per heavy atom. The van der Waals surface area contributed by atoms with Crippen molar-refractivity contribution in [1.29, 1.82) is 0 Å². The normalized spacial score (nSPS) is 13.3. The number of fused-ring (bicyclic) bond motifs is 1. The van der Waals surface area contributed by atoms with Crippen LogP contribution >= 0.6 is 0 Å². The number of hydrogen-bond acceptors (Lipinski definition) is 3. The van der Waals surface area contributed by atoms with E-state index in [0.717, 1.165) is 23.0 Å². The lowest BCUT2D eigenvalue weighted by molar-refractivity contribution is 0.575. The predicted octanol–water partition coefficient (Wildman–Crippen LogP) is 3.16. The molecule has 3 aromatic rings. The van der Waals surface area contributed by atoms with Crippen LogP contribution in [0.25, 0.3) is 16.6 Å². The molecule has 6 heteroatoms. The van der Waals surface area contributed by atoms with Crippen LogP contribution in [0.15, 0.2) is 54.7 Å². The average molecular weight is 329 g/mol. The van der Waals surface area contributed by atoms with E-state index in [4.69, 9.17) is 5.14 Å². The van der Waals surface area contributed by atoms with E-state index >= 15 is 0 Å². The van der Waals surface area contributed by atoms with Crippen LogP contribution in [0.2, 0.25) is 0 Å². The number of primary sulfonamides is 1. The van der Waals surface area contributed by atoms with Gasteiger partial charge in [0.25, 0.3) is 0 Å². The topological polar surface area (TPSA) is 78.0 Å². The van der Waals surface area contributed by atoms with E-state index in [1.165, 1.54) is 0 Å². The van der Waals surface area contributed by atoms with Crippen LogP contribution in [-0.4, -0.2) is 18.2 Å². The zero-order chi connectivity index (χ0) is 16.4. The summed E-state index contributed by atoms with van der Waals surface area (Å²) in [7, 11) is -3.64. The lowest BCUT2D eigenvalue weighted by Crippen LogP contribution is -2.21. The zero-order valence-corrected chi connectivity index (χ0v) is 13.7. The largest absolute Gasteiger partial charge is 0.233 e. The summed E-state index contributed by atoms with van der Waals surface area (Å²) >= 11 is 0. The van der Waals surface area contributed by atoms with Gasteiger partial charge in [0.1, 0.15) is 5.25 Å². The zero-order valence-electron chi connectivity index (χ0n) is 12.9. The molecule has 0 aliphatic rings. The average Bonchev–Trinajstić information content (AvgIpc) is 2.95. The standard InChI is InChI=1S/C17H19N3O2S/c1-2-6-17(23(18,21)22)13-9-10-14-12-19-20(16(14)11-13)15-7-4-3-5-8-15/h3-5,7-12,17H,2,6H2,1H3,(H2,18,21,22). The van der Waals surface area contributed by atoms with Crippen molar-refractivity contribution >= 4 is 20.9 Å². The summed E-state index contributed by atoms with van der Waals surface area (Å²) in [6, 6.07) is 15.3. The van der Waals surface area contributed by atoms with Crippen LogP contribution in [0, 0.1) is 0 Å². The number of rotatable bonds is 5. The summed E-state index contributed by atoms with van der Waals surface area (Å²) in [5, 5.41) is 10.1. The highest BCUT2D eigenvalue weighted by Crippen LogP contribution is 2.29. The summed E-state index contributed by atoms with van der Waals surface area (Å²) in [6.07, 6.45) is 3.03. The van der Waals surface area contributed by atoms with Crippen molar-refractivity contribution in [3.05, 3.63) is 60.3 Å². The molecule has 0 saturated carbocycles. The molecule has 1 atom stereocenters. The molecular formula is C17H19N3O2S. The van der Waals surface area contributed by atoms with Crippen LogP contribution in [0.3, 0.4) is 0 Å². The van der Waals surface area contributed by atoms with Crippen LogP contribution in [0.5, 0.6) is 0 Å². The van der Waals surface area contributed by atoms with Gasteiger partial charge in [0, 0.05) is 5.39 Å². The Morgan fingerprint density at radius 1 is 1.17 bits per heavy atom. The number of sulfonamides is 1. The third-order valence-corrected chi connectivity index (χ3v) is 5.22. The van der Waals surface area contributed by atoms with Crippen LogP contribution in [0.4, 0.5) is 0 Å². The minimum atomic E-state index is -3.64. The molecule has 0 aliphatic carbocycles. The van der Waals surface area contributed by atoms with Crippen molar-refractivity contribution in [2.75, 3.05) is 0 Å². The fourth-order valence-electron chi connectivity index (χ4n) is 2.79. The molecule has 0 amide bonds. The molecule has 0 spiro atoms. The van der Waals surface area contributed by atoms with E-state index < -0.39 is 15.3 Å². The van der Waals surface area contributed by atoms with Gasteiger partial charge in [-0.2, -0.15) is 5.10 Å². The number of hydrogen-bond donors (Lipinski definition) is 1. The third-order valence-electron chi connectivity index (χ3n) is 3.91. The molecule has 0 radical (unpaired) electrons. The third kappa shape index (κ3) is 3.13. The highest BCUT2D eigenvalue weighted by molar-refractivity contribution is 7.89. The monoisotopic (exact) mass is 329 g/mol. The number of nitrogens with zero attached hydrogens (tertiary/aromatic N) is 2. The van der Waals surface area contributed by atoms with Crippen molar-refractivity contribution < 1.29 is 8.42 Å². The summed E-state index contributed by atoms with van der Waals surface area (Å²) < 4.78 is 25.6. The van der Waals surface area contributed by atoms with Gasteiger partial charge in [-0.15, -0.1) is 0 Å². The number of aromatic nitrogens is 2. The van der Waals surface area contributed by atoms with Crippen molar-refractivity contribution in [2.45, 2.75) is 25.0 Å². The first-order valence-corrected chi connectivity index (χ1v) is 9.16. The Morgan fingerprint density at radius 2 is 1.91 bits per heavy atom. The molecule has 0 bridgehead atoms. The number of para-hydroxylation sites is 1. The summed E-state index contributed by atoms with van der Waals surface area (Å²) in [6.45, 7) is 1.95. The SMILES string of the molecule is CCCC(c1ccc2cnn(-c3ccccc3)c2c1)S(N)(=O)=O. The molecular weight excluding hydrogens is 310 g/mol. The number of nitrogens with two attached hydrogens (primary N) is 1. The quantitative estimate of drug-likeness (QED) is 0.781. The predicted molar refractivity (Wildman–Crippen MR) is 91.8 cm³/mol. The highest BCUT2D eigenvalue weighted by atomic mass is 32.2. The lowest BCUT2D eigenvalue weighted by atomic mass is 10.1. The molecule has 5 nitrogen and oxygen atoms in total. The maximum Gasteiger partial charge on any atom is 0.216 e. The number of benzene rings is 2. The molecule has 2 aromatic carbocycles. The molecule has 0 aliphatic heterocycles. The molecule has 1 heterocycles. The first kappa shape index (κ1) is 15.7. The van der Waals surface area contributed by atoms with Crippen molar-refractivity contribution in [3.8, 4) is 5.69 Å². The maximum absolute atomic E-state index is 11.9. The van der Waals surface area contributed by atoms with E-state index in [1.807, 2.05) is 60.1 Å². The molecule has 0 saturated heterocycles. The van der Waals surface area contributed by atoms with Crippen LogP contribution < -0.4 is 5.14 Å². The van der Waals surface area contributed by atoms with Gasteiger partial charge in [-0.25, -0.2) is 18.2 Å². The lowest BCUT2D eigenvalue weighted by Gasteiger charge is -2.14. The second-order valence-electron chi connectivity index (χ2n) is 5.58. The summed E-state index contributed by atoms with van der Waals surface area (Å²) in [4.78, 5) is 0. The van der Waals surface area contributed by atoms with Gasteiger partial charge >= 0.3 is 0 Å². The molecule has 120 valence electrons. The van der Waals surface area contributed by atoms with Crippen LogP contribution in [-0.2, 0) is 10.0 Å². The van der Waals surface area contributed by atoms with Crippen LogP contribution in [0.1, 0.15) is 30.6 Å². The fourth-order valence-corrected chi connectivity index (χ4v) is 3.88. The van der Waals surface area contributed by atoms with Gasteiger partial charge in [0.15, 0.2) is 0 Å². The fraction of sp³-hybridized carbons (Fsp3) is 0.235. The second kappa shape index (κ2) is 6.14. The van der Waals surface area contributed by atoms with E-state index in [2.05, 4.69) is 5.10 Å². The van der Waals surface area contributed by atoms with Gasteiger partial charge in [-0.1, -0.05) is 43.7 Å². The van der Waals surface area contributed by atoms with Gasteiger partial charge in [-0.05, 0) is 30.2 Å². The summed E-state index contributed by atoms with van der Waals surface area (Å²) in [5.74, 6) is 0. The highest BCUT2D eigenvalue weighted by Gasteiger charge is 2.23. The molecule has 1 aromatic heterocycles.